The van der Waals surface area contributed by atoms with E-state index < -0.39 is 0 Å². The van der Waals surface area contributed by atoms with Crippen LogP contribution in [0.5, 0.6) is 0 Å². The number of piperidine rings is 1. The lowest BCUT2D eigenvalue weighted by Crippen LogP contribution is -2.46. The zero-order chi connectivity index (χ0) is 12.7. The van der Waals surface area contributed by atoms with E-state index in [-0.39, 0.29) is 17.9 Å². The third-order valence-corrected chi connectivity index (χ3v) is 3.25. The molecule has 1 saturated heterocycles. The van der Waals surface area contributed by atoms with Crippen molar-refractivity contribution in [2.24, 2.45) is 11.7 Å². The van der Waals surface area contributed by atoms with Crippen LogP contribution in [0.2, 0.25) is 0 Å². The Morgan fingerprint density at radius 3 is 3.00 bits per heavy atom. The number of rotatable bonds is 6. The Morgan fingerprint density at radius 1 is 1.65 bits per heavy atom. The van der Waals surface area contributed by atoms with E-state index in [2.05, 4.69) is 10.2 Å². The van der Waals surface area contributed by atoms with Gasteiger partial charge in [-0.05, 0) is 26.3 Å². The van der Waals surface area contributed by atoms with Gasteiger partial charge in [0.25, 0.3) is 0 Å². The fraction of sp³-hybridized carbons (Fsp3) is 0.917. The van der Waals surface area contributed by atoms with Crippen LogP contribution in [-0.2, 0) is 9.53 Å². The first-order valence-electron chi connectivity index (χ1n) is 6.46. The Bertz CT molecular complexity index is 236. The average molecular weight is 243 g/mol. The molecule has 1 aliphatic heterocycles. The monoisotopic (exact) mass is 243 g/mol. The van der Waals surface area contributed by atoms with Crippen LogP contribution in [0.1, 0.15) is 19.8 Å². The van der Waals surface area contributed by atoms with Crippen molar-refractivity contribution in [3.05, 3.63) is 0 Å². The highest BCUT2D eigenvalue weighted by atomic mass is 16.5. The average Bonchev–Trinajstić information content (AvgIpc) is 2.37. The van der Waals surface area contributed by atoms with Gasteiger partial charge < -0.3 is 15.8 Å². The van der Waals surface area contributed by atoms with Crippen LogP contribution in [0.3, 0.4) is 0 Å². The summed E-state index contributed by atoms with van der Waals surface area (Å²) in [6.07, 6.45) is 2.14. The quantitative estimate of drug-likeness (QED) is 0.678. The summed E-state index contributed by atoms with van der Waals surface area (Å²) in [6, 6.07) is 0. The smallest absolute Gasteiger partial charge is 0.224 e. The normalized spacial score (nSPS) is 23.4. The Labute approximate surface area is 104 Å². The number of carbonyl (C=O) groups excluding carboxylic acids is 1. The zero-order valence-corrected chi connectivity index (χ0v) is 10.9. The maximum absolute atomic E-state index is 11.6. The highest BCUT2D eigenvalue weighted by molar-refractivity contribution is 5.78. The molecule has 0 aromatic heterocycles. The molecule has 1 heterocycles. The van der Waals surface area contributed by atoms with E-state index >= 15 is 0 Å². The topological polar surface area (TPSA) is 67.6 Å². The van der Waals surface area contributed by atoms with Gasteiger partial charge in [-0.1, -0.05) is 0 Å². The minimum Gasteiger partial charge on any atom is -0.376 e. The lowest BCUT2D eigenvalue weighted by atomic mass is 9.97. The lowest BCUT2D eigenvalue weighted by molar-refractivity contribution is -0.126. The fourth-order valence-corrected chi connectivity index (χ4v) is 2.36. The standard InChI is InChI=1S/C12H25N3O2/c1-3-17-11(7-13)9-15-6-4-5-10(8-15)12(16)14-2/h10-11H,3-9,13H2,1-2H3,(H,14,16). The second-order valence-electron chi connectivity index (χ2n) is 4.53. The number of carbonyl (C=O) groups is 1. The van der Waals surface area contributed by atoms with Crippen LogP contribution in [-0.4, -0.2) is 56.7 Å². The van der Waals surface area contributed by atoms with E-state index in [0.717, 1.165) is 32.5 Å². The second-order valence-corrected chi connectivity index (χ2v) is 4.53. The van der Waals surface area contributed by atoms with Crippen LogP contribution in [0.15, 0.2) is 0 Å². The number of likely N-dealkylation sites (tertiary alicyclic amines) is 1. The van der Waals surface area contributed by atoms with Gasteiger partial charge >= 0.3 is 0 Å². The summed E-state index contributed by atoms with van der Waals surface area (Å²) in [5.41, 5.74) is 5.67. The van der Waals surface area contributed by atoms with Crippen molar-refractivity contribution in [1.29, 1.82) is 0 Å². The van der Waals surface area contributed by atoms with Crippen LogP contribution >= 0.6 is 0 Å². The number of nitrogens with two attached hydrogens (primary N) is 1. The third kappa shape index (κ3) is 4.61. The molecule has 0 aliphatic carbocycles. The highest BCUT2D eigenvalue weighted by Crippen LogP contribution is 2.16. The fourth-order valence-electron chi connectivity index (χ4n) is 2.36. The van der Waals surface area contributed by atoms with Gasteiger partial charge in [-0.25, -0.2) is 0 Å². The Kier molecular flexibility index (Phi) is 6.47. The molecule has 0 aromatic carbocycles. The molecule has 1 aliphatic rings. The zero-order valence-electron chi connectivity index (χ0n) is 10.9. The van der Waals surface area contributed by atoms with Gasteiger partial charge in [0, 0.05) is 33.3 Å². The molecule has 1 amide bonds. The molecule has 0 spiro atoms. The van der Waals surface area contributed by atoms with E-state index in [4.69, 9.17) is 10.5 Å². The van der Waals surface area contributed by atoms with Gasteiger partial charge in [-0.2, -0.15) is 0 Å². The molecule has 1 fully saturated rings. The van der Waals surface area contributed by atoms with Crippen LogP contribution in [0.25, 0.3) is 0 Å². The minimum absolute atomic E-state index is 0.0865. The first-order valence-corrected chi connectivity index (χ1v) is 6.46. The molecule has 100 valence electrons. The molecule has 17 heavy (non-hydrogen) atoms. The summed E-state index contributed by atoms with van der Waals surface area (Å²) in [4.78, 5) is 13.9. The van der Waals surface area contributed by atoms with Gasteiger partial charge in [0.2, 0.25) is 5.91 Å². The van der Waals surface area contributed by atoms with Crippen molar-refractivity contribution < 1.29 is 9.53 Å². The summed E-state index contributed by atoms with van der Waals surface area (Å²) in [5.74, 6) is 0.268. The second kappa shape index (κ2) is 7.63. The molecule has 5 heteroatoms. The molecular formula is C12H25N3O2. The maximum atomic E-state index is 11.6. The number of hydrogen-bond acceptors (Lipinski definition) is 4. The molecule has 5 nitrogen and oxygen atoms in total. The predicted octanol–water partition coefficient (Wildman–Crippen LogP) is -0.192. The van der Waals surface area contributed by atoms with E-state index in [1.165, 1.54) is 0 Å². The Hall–Kier alpha value is -0.650. The predicted molar refractivity (Wildman–Crippen MR) is 67.7 cm³/mol. The van der Waals surface area contributed by atoms with E-state index in [9.17, 15) is 4.79 Å². The van der Waals surface area contributed by atoms with Gasteiger partial charge in [0.05, 0.1) is 12.0 Å². The van der Waals surface area contributed by atoms with Crippen LogP contribution in [0, 0.1) is 5.92 Å². The summed E-state index contributed by atoms with van der Waals surface area (Å²) in [6.45, 7) is 5.90. The van der Waals surface area contributed by atoms with Crippen LogP contribution < -0.4 is 11.1 Å². The summed E-state index contributed by atoms with van der Waals surface area (Å²) in [7, 11) is 1.70. The highest BCUT2D eigenvalue weighted by Gasteiger charge is 2.26. The van der Waals surface area contributed by atoms with E-state index in [1.54, 1.807) is 7.05 Å². The molecule has 0 saturated carbocycles. The third-order valence-electron chi connectivity index (χ3n) is 3.25. The molecule has 2 atom stereocenters. The van der Waals surface area contributed by atoms with Gasteiger partial charge in [0.15, 0.2) is 0 Å². The van der Waals surface area contributed by atoms with Gasteiger partial charge in [-0.3, -0.25) is 9.69 Å². The van der Waals surface area contributed by atoms with Gasteiger partial charge in [-0.15, -0.1) is 0 Å². The molecule has 1 rings (SSSR count). The summed E-state index contributed by atoms with van der Waals surface area (Å²) in [5, 5.41) is 2.73. The molecule has 2 unspecified atom stereocenters. The summed E-state index contributed by atoms with van der Waals surface area (Å²) >= 11 is 0. The van der Waals surface area contributed by atoms with Crippen molar-refractivity contribution in [3.63, 3.8) is 0 Å². The number of amides is 1. The molecular weight excluding hydrogens is 218 g/mol. The molecule has 0 radical (unpaired) electrons. The first-order chi connectivity index (χ1) is 8.21. The largest absolute Gasteiger partial charge is 0.376 e. The first kappa shape index (κ1) is 14.4. The van der Waals surface area contributed by atoms with Crippen molar-refractivity contribution in [2.75, 3.05) is 39.8 Å². The summed E-state index contributed by atoms with van der Waals surface area (Å²) < 4.78 is 5.55. The molecule has 0 bridgehead atoms. The number of ether oxygens (including phenoxy) is 1. The van der Waals surface area contributed by atoms with Crippen LogP contribution in [0.4, 0.5) is 0 Å². The van der Waals surface area contributed by atoms with Gasteiger partial charge in [0.1, 0.15) is 0 Å². The van der Waals surface area contributed by atoms with E-state index in [1.807, 2.05) is 6.92 Å². The van der Waals surface area contributed by atoms with E-state index in [0.29, 0.717) is 13.2 Å². The minimum atomic E-state index is 0.0865. The maximum Gasteiger partial charge on any atom is 0.224 e. The SMILES string of the molecule is CCOC(CN)CN1CCCC(C(=O)NC)C1. The number of hydrogen-bond donors (Lipinski definition) is 2. The Balaban J connectivity index is 2.40. The van der Waals surface area contributed by atoms with Crippen molar-refractivity contribution in [1.82, 2.24) is 10.2 Å². The Morgan fingerprint density at radius 2 is 2.41 bits per heavy atom. The number of nitrogens with one attached hydrogen (secondary N) is 1. The molecule has 0 aromatic rings. The number of nitrogens with zero attached hydrogens (tertiary/aromatic N) is 1. The van der Waals surface area contributed by atoms with Crippen molar-refractivity contribution in [2.45, 2.75) is 25.9 Å². The van der Waals surface area contributed by atoms with Crippen molar-refractivity contribution in [3.8, 4) is 0 Å². The molecule has 3 N–H and O–H groups in total. The lowest BCUT2D eigenvalue weighted by Gasteiger charge is -2.33. The van der Waals surface area contributed by atoms with Crippen molar-refractivity contribution >= 4 is 5.91 Å².